The quantitative estimate of drug-likeness (QED) is 0.114. The fourth-order valence-corrected chi connectivity index (χ4v) is 9.09. The number of rotatable bonds is 15. The molecule has 1 unspecified atom stereocenters. The Morgan fingerprint density at radius 3 is 2.41 bits per heavy atom. The summed E-state index contributed by atoms with van der Waals surface area (Å²) in [4.78, 5) is 9.91. The Labute approximate surface area is 308 Å². The first kappa shape index (κ1) is 38.6. The third kappa shape index (κ3) is 8.67. The zero-order valence-corrected chi connectivity index (χ0v) is 34.4. The maximum absolute atomic E-state index is 15.5. The molecule has 2 aliphatic heterocycles. The van der Waals surface area contributed by atoms with Gasteiger partial charge in [0, 0.05) is 27.9 Å². The molecule has 0 spiro atoms. The van der Waals surface area contributed by atoms with Gasteiger partial charge in [-0.1, -0.05) is 52.0 Å². The highest BCUT2D eigenvalue weighted by molar-refractivity contribution is 6.76. The number of pyridine rings is 1. The van der Waals surface area contributed by atoms with Crippen LogP contribution in [0, 0.1) is 5.82 Å². The number of halogens is 2. The van der Waals surface area contributed by atoms with Crippen molar-refractivity contribution >= 4 is 39.2 Å². The van der Waals surface area contributed by atoms with Crippen molar-refractivity contribution in [1.29, 1.82) is 0 Å². The molecule has 3 aromatic rings. The molecule has 2 saturated heterocycles. The van der Waals surface area contributed by atoms with E-state index < -0.39 is 16.4 Å². The molecular formula is C37H55ClFN3O7Si2. The number of methoxy groups -OCH3 is 1. The van der Waals surface area contributed by atoms with E-state index in [4.69, 9.17) is 54.4 Å². The van der Waals surface area contributed by atoms with Crippen molar-refractivity contribution in [1.82, 2.24) is 14.5 Å². The van der Waals surface area contributed by atoms with E-state index in [-0.39, 0.29) is 47.9 Å². The minimum atomic E-state index is -2.03. The van der Waals surface area contributed by atoms with Crippen LogP contribution in [0.2, 0.25) is 48.8 Å². The van der Waals surface area contributed by atoms with Gasteiger partial charge in [-0.3, -0.25) is 4.57 Å². The van der Waals surface area contributed by atoms with Gasteiger partial charge in [-0.15, -0.1) is 0 Å². The van der Waals surface area contributed by atoms with E-state index >= 15 is 4.39 Å². The fraction of sp³-hybridized carbons (Fsp3) is 0.676. The lowest BCUT2D eigenvalue weighted by atomic mass is 9.95. The molecule has 2 fully saturated rings. The number of fused-ring (bicyclic) bond motifs is 3. The van der Waals surface area contributed by atoms with Gasteiger partial charge < -0.3 is 32.8 Å². The summed E-state index contributed by atoms with van der Waals surface area (Å²) in [5.41, 5.74) is 3.57. The molecular weight excluding hydrogens is 709 g/mol. The molecule has 282 valence electrons. The Kier molecular flexibility index (Phi) is 11.6. The van der Waals surface area contributed by atoms with E-state index in [0.717, 1.165) is 24.4 Å². The number of hydrogen-bond acceptors (Lipinski definition) is 9. The molecule has 0 N–H and O–H groups in total. The highest BCUT2D eigenvalue weighted by Gasteiger charge is 2.52. The average Bonchev–Trinajstić information content (AvgIpc) is 3.80. The summed E-state index contributed by atoms with van der Waals surface area (Å²) in [6, 6.07) is 6.64. The van der Waals surface area contributed by atoms with Crippen LogP contribution < -0.4 is 9.47 Å². The topological polar surface area (TPSA) is 95.3 Å². The highest BCUT2D eigenvalue weighted by Crippen LogP contribution is 2.42. The van der Waals surface area contributed by atoms with Crippen LogP contribution in [0.15, 0.2) is 18.2 Å². The van der Waals surface area contributed by atoms with Crippen molar-refractivity contribution in [2.24, 2.45) is 0 Å². The van der Waals surface area contributed by atoms with Gasteiger partial charge >= 0.3 is 6.01 Å². The summed E-state index contributed by atoms with van der Waals surface area (Å²) < 4.78 is 60.2. The Balaban J connectivity index is 1.23. The minimum Gasteiger partial charge on any atom is -0.491 e. The monoisotopic (exact) mass is 763 g/mol. The largest absolute Gasteiger partial charge is 0.491 e. The van der Waals surface area contributed by atoms with E-state index in [9.17, 15) is 0 Å². The fourth-order valence-electron chi connectivity index (χ4n) is 6.80. The number of imidazole rings is 1. The second-order valence-corrected chi connectivity index (χ2v) is 27.6. The smallest absolute Gasteiger partial charge is 0.301 e. The van der Waals surface area contributed by atoms with Crippen molar-refractivity contribution in [3.05, 3.63) is 45.9 Å². The summed E-state index contributed by atoms with van der Waals surface area (Å²) >= 11 is 6.87. The van der Waals surface area contributed by atoms with Gasteiger partial charge in [0.05, 0.1) is 36.6 Å². The number of aromatic nitrogens is 3. The van der Waals surface area contributed by atoms with E-state index in [1.807, 2.05) is 16.7 Å². The minimum absolute atomic E-state index is 0.0656. The predicted octanol–water partition coefficient (Wildman–Crippen LogP) is 7.77. The van der Waals surface area contributed by atoms with Crippen LogP contribution in [0.4, 0.5) is 4.39 Å². The zero-order valence-electron chi connectivity index (χ0n) is 31.6. The summed E-state index contributed by atoms with van der Waals surface area (Å²) in [5, 5.41) is 0.561. The van der Waals surface area contributed by atoms with Crippen LogP contribution in [-0.4, -0.2) is 95.5 Å². The molecule has 1 aromatic carbocycles. The van der Waals surface area contributed by atoms with Crippen LogP contribution in [0.1, 0.15) is 49.9 Å². The van der Waals surface area contributed by atoms with Crippen molar-refractivity contribution in [2.45, 2.75) is 121 Å². The second kappa shape index (κ2) is 15.3. The number of nitrogens with zero attached hydrogens (tertiary/aromatic N) is 3. The van der Waals surface area contributed by atoms with E-state index in [1.165, 1.54) is 6.07 Å². The van der Waals surface area contributed by atoms with Gasteiger partial charge in [0.25, 0.3) is 0 Å². The molecule has 4 heterocycles. The van der Waals surface area contributed by atoms with Gasteiger partial charge in [-0.05, 0) is 72.6 Å². The Morgan fingerprint density at radius 1 is 0.980 bits per heavy atom. The molecule has 0 saturated carbocycles. The lowest BCUT2D eigenvalue weighted by Crippen LogP contribution is -2.47. The molecule has 0 bridgehead atoms. The summed E-state index contributed by atoms with van der Waals surface area (Å²) in [6.07, 6.45) is 1.03. The van der Waals surface area contributed by atoms with E-state index in [0.29, 0.717) is 78.7 Å². The van der Waals surface area contributed by atoms with Crippen LogP contribution in [-0.2, 0) is 42.9 Å². The SMILES string of the molecule is COCCOc1cc(F)c2c(c1)CCC2Cc1nc2c(cc1Cl)nc(O[C@@H]1CO[C@H]3[C@@H]1OC[C@H]3O[Si](C)(C)C(C)(C)C)n2COCC[Si](C)(C)C. The summed E-state index contributed by atoms with van der Waals surface area (Å²) in [5.74, 6) is 0.191. The van der Waals surface area contributed by atoms with Crippen molar-refractivity contribution < 1.29 is 37.2 Å². The number of benzene rings is 1. The number of ether oxygens (including phenoxy) is 6. The first-order valence-corrected chi connectivity index (χ1v) is 25.2. The van der Waals surface area contributed by atoms with E-state index in [1.54, 1.807) is 7.11 Å². The van der Waals surface area contributed by atoms with Gasteiger partial charge in [0.1, 0.15) is 42.6 Å². The van der Waals surface area contributed by atoms with Crippen LogP contribution >= 0.6 is 11.6 Å². The Hall–Kier alpha value is -2.11. The lowest BCUT2D eigenvalue weighted by Gasteiger charge is -2.39. The third-order valence-corrected chi connectivity index (χ3v) is 17.3. The van der Waals surface area contributed by atoms with Gasteiger partial charge in [-0.25, -0.2) is 9.37 Å². The molecule has 1 aliphatic carbocycles. The van der Waals surface area contributed by atoms with Gasteiger partial charge in [0.2, 0.25) is 0 Å². The first-order chi connectivity index (χ1) is 24.0. The lowest BCUT2D eigenvalue weighted by molar-refractivity contribution is 0.00687. The molecule has 6 rings (SSSR count). The zero-order chi connectivity index (χ0) is 36.7. The molecule has 0 amide bonds. The maximum Gasteiger partial charge on any atom is 0.301 e. The Bertz CT molecular complexity index is 1700. The second-order valence-electron chi connectivity index (χ2n) is 16.9. The van der Waals surface area contributed by atoms with Gasteiger partial charge in [-0.2, -0.15) is 4.98 Å². The average molecular weight is 764 g/mol. The number of aryl methyl sites for hydroxylation is 1. The molecule has 0 radical (unpaired) electrons. The summed E-state index contributed by atoms with van der Waals surface area (Å²) in [6.45, 7) is 20.7. The normalized spacial score (nSPS) is 23.6. The van der Waals surface area contributed by atoms with Crippen molar-refractivity contribution in [3.63, 3.8) is 0 Å². The van der Waals surface area contributed by atoms with Crippen LogP contribution in [0.3, 0.4) is 0 Å². The standard InChI is InChI=1S/C37H55ClFN3O7Si2/c1-37(2,3)51(8,9)49-31-21-47-33-30(20-46-34(31)33)48-36-41-29-19-26(38)28(40-35(29)42(36)22-44-14-15-50(5,6)7)17-24-11-10-23-16-25(45-13-12-43-4)18-27(39)32(23)24/h16,18-19,24,30-31,33-34H,10-15,17,20-22H2,1-9H3/t24?,30-,31-,33-,34-/m1/s1. The molecule has 3 aliphatic rings. The molecule has 10 nitrogen and oxygen atoms in total. The highest BCUT2D eigenvalue weighted by atomic mass is 35.5. The first-order valence-electron chi connectivity index (χ1n) is 18.2. The van der Waals surface area contributed by atoms with Crippen LogP contribution in [0.25, 0.3) is 11.2 Å². The van der Waals surface area contributed by atoms with Crippen molar-refractivity contribution in [2.75, 3.05) is 40.1 Å². The summed E-state index contributed by atoms with van der Waals surface area (Å²) in [7, 11) is -1.73. The number of hydrogen-bond donors (Lipinski definition) is 0. The van der Waals surface area contributed by atoms with Crippen LogP contribution in [0.5, 0.6) is 11.8 Å². The molecule has 2 aromatic heterocycles. The Morgan fingerprint density at radius 2 is 1.71 bits per heavy atom. The molecule has 5 atom stereocenters. The third-order valence-electron chi connectivity index (χ3n) is 10.8. The molecule has 14 heteroatoms. The maximum atomic E-state index is 15.5. The van der Waals surface area contributed by atoms with Gasteiger partial charge in [0.15, 0.2) is 20.1 Å². The van der Waals surface area contributed by atoms with E-state index in [2.05, 4.69) is 53.5 Å². The van der Waals surface area contributed by atoms with Crippen molar-refractivity contribution in [3.8, 4) is 11.8 Å². The molecule has 51 heavy (non-hydrogen) atoms. The predicted molar refractivity (Wildman–Crippen MR) is 201 cm³/mol.